The summed E-state index contributed by atoms with van der Waals surface area (Å²) < 4.78 is 63.1. The van der Waals surface area contributed by atoms with Gasteiger partial charge in [-0.2, -0.15) is 22.6 Å². The minimum absolute atomic E-state index is 0.165. The zero-order valence-corrected chi connectivity index (χ0v) is 12.6. The maximum absolute atomic E-state index is 12.6. The Morgan fingerprint density at radius 3 is 2.20 bits per heavy atom. The van der Waals surface area contributed by atoms with Crippen LogP contribution in [0.15, 0.2) is 4.90 Å². The van der Waals surface area contributed by atoms with Gasteiger partial charge in [0.1, 0.15) is 11.4 Å². The van der Waals surface area contributed by atoms with Crippen molar-refractivity contribution in [3.63, 3.8) is 0 Å². The lowest BCUT2D eigenvalue weighted by Crippen LogP contribution is -2.41. The van der Waals surface area contributed by atoms with Crippen molar-refractivity contribution in [2.75, 3.05) is 13.1 Å². The Kier molecular flexibility index (Phi) is 4.86. The molecule has 1 rings (SSSR count). The van der Waals surface area contributed by atoms with Gasteiger partial charge in [-0.3, -0.25) is 5.10 Å². The van der Waals surface area contributed by atoms with Gasteiger partial charge in [0.15, 0.2) is 0 Å². The van der Waals surface area contributed by atoms with Crippen molar-refractivity contribution in [1.29, 1.82) is 0 Å². The molecule has 0 atom stereocenters. The second kappa shape index (κ2) is 5.72. The van der Waals surface area contributed by atoms with Crippen molar-refractivity contribution in [2.45, 2.75) is 38.8 Å². The predicted octanol–water partition coefficient (Wildman–Crippen LogP) is 2.24. The van der Waals surface area contributed by atoms with Gasteiger partial charge in [-0.15, -0.1) is 0 Å². The van der Waals surface area contributed by atoms with E-state index in [4.69, 9.17) is 0 Å². The summed E-state index contributed by atoms with van der Waals surface area (Å²) in [5.74, 6) is -0.223. The van der Waals surface area contributed by atoms with Crippen LogP contribution in [0.25, 0.3) is 0 Å². The van der Waals surface area contributed by atoms with Gasteiger partial charge in [0, 0.05) is 6.54 Å². The van der Waals surface area contributed by atoms with E-state index >= 15 is 0 Å². The Hall–Kier alpha value is -1.09. The molecule has 0 bridgehead atoms. The molecule has 0 spiro atoms. The minimum Gasteiger partial charge on any atom is -0.281 e. The van der Waals surface area contributed by atoms with Crippen LogP contribution in [0.2, 0.25) is 0 Å². The molecule has 20 heavy (non-hydrogen) atoms. The highest BCUT2D eigenvalue weighted by molar-refractivity contribution is 7.89. The second-order valence-electron chi connectivity index (χ2n) is 5.07. The highest BCUT2D eigenvalue weighted by Crippen LogP contribution is 2.26. The molecule has 0 saturated carbocycles. The first kappa shape index (κ1) is 17.0. The second-order valence-corrected chi connectivity index (χ2v) is 6.94. The first-order valence-electron chi connectivity index (χ1n) is 6.03. The zero-order valence-electron chi connectivity index (χ0n) is 11.7. The summed E-state index contributed by atoms with van der Waals surface area (Å²) in [5, 5.41) is 6.21. The highest BCUT2D eigenvalue weighted by atomic mass is 32.2. The van der Waals surface area contributed by atoms with Crippen LogP contribution in [-0.2, 0) is 10.0 Å². The van der Waals surface area contributed by atoms with E-state index in [1.807, 2.05) is 0 Å². The molecule has 0 aliphatic heterocycles. The van der Waals surface area contributed by atoms with Crippen LogP contribution in [0.5, 0.6) is 0 Å². The van der Waals surface area contributed by atoms with Gasteiger partial charge in [0.25, 0.3) is 0 Å². The first-order chi connectivity index (χ1) is 8.95. The Morgan fingerprint density at radius 2 is 1.85 bits per heavy atom. The Labute approximate surface area is 116 Å². The van der Waals surface area contributed by atoms with Crippen LogP contribution in [0.1, 0.15) is 25.2 Å². The Balaban J connectivity index is 3.24. The fourth-order valence-corrected chi connectivity index (χ4v) is 3.83. The van der Waals surface area contributed by atoms with Crippen molar-refractivity contribution in [3.8, 4) is 0 Å². The van der Waals surface area contributed by atoms with Crippen LogP contribution in [0.4, 0.5) is 13.2 Å². The van der Waals surface area contributed by atoms with Crippen LogP contribution in [0, 0.1) is 19.8 Å². The number of aryl methyl sites for hydroxylation is 2. The smallest absolute Gasteiger partial charge is 0.281 e. The van der Waals surface area contributed by atoms with Gasteiger partial charge in [-0.25, -0.2) is 8.42 Å². The zero-order chi connectivity index (χ0) is 15.7. The van der Waals surface area contributed by atoms with Gasteiger partial charge < -0.3 is 0 Å². The molecule has 0 unspecified atom stereocenters. The molecule has 1 aromatic rings. The average Bonchev–Trinajstić information content (AvgIpc) is 2.55. The van der Waals surface area contributed by atoms with E-state index in [2.05, 4.69) is 10.2 Å². The molecule has 0 aromatic carbocycles. The molecule has 5 nitrogen and oxygen atoms in total. The fraction of sp³-hybridized carbons (Fsp3) is 0.727. The van der Waals surface area contributed by atoms with Crippen molar-refractivity contribution in [2.24, 2.45) is 5.92 Å². The number of aromatic nitrogens is 2. The topological polar surface area (TPSA) is 66.1 Å². The lowest BCUT2D eigenvalue weighted by Gasteiger charge is -2.25. The summed E-state index contributed by atoms with van der Waals surface area (Å²) in [7, 11) is -4.23. The summed E-state index contributed by atoms with van der Waals surface area (Å²) in [6, 6.07) is 0. The summed E-state index contributed by atoms with van der Waals surface area (Å²) in [5.41, 5.74) is 0.400. The van der Waals surface area contributed by atoms with Crippen LogP contribution in [-0.4, -0.2) is 42.2 Å². The third kappa shape index (κ3) is 3.95. The standard InChI is InChI=1S/C11H18F3N3O2S/c1-7(2)5-17(6-11(12,13)14)20(18,19)10-8(3)15-16-9(10)4/h7H,5-6H2,1-4H3,(H,15,16). The first-order valence-corrected chi connectivity index (χ1v) is 7.47. The van der Waals surface area contributed by atoms with E-state index in [1.54, 1.807) is 13.8 Å². The average molecular weight is 313 g/mol. The molecule has 0 radical (unpaired) electrons. The number of halogens is 3. The van der Waals surface area contributed by atoms with Gasteiger partial charge in [0.05, 0.1) is 11.4 Å². The van der Waals surface area contributed by atoms with Gasteiger partial charge in [-0.1, -0.05) is 13.8 Å². The number of hydrogen-bond acceptors (Lipinski definition) is 3. The van der Waals surface area contributed by atoms with E-state index in [0.29, 0.717) is 4.31 Å². The molecule has 0 aliphatic carbocycles. The molecule has 0 amide bonds. The number of hydrogen-bond donors (Lipinski definition) is 1. The molecule has 9 heteroatoms. The van der Waals surface area contributed by atoms with E-state index in [0.717, 1.165) is 0 Å². The van der Waals surface area contributed by atoms with E-state index in [9.17, 15) is 21.6 Å². The number of alkyl halides is 3. The maximum Gasteiger partial charge on any atom is 0.402 e. The lowest BCUT2D eigenvalue weighted by atomic mass is 10.2. The van der Waals surface area contributed by atoms with Crippen LogP contribution >= 0.6 is 0 Å². The fourth-order valence-electron chi connectivity index (χ4n) is 1.90. The van der Waals surface area contributed by atoms with Crippen molar-refractivity contribution in [3.05, 3.63) is 11.4 Å². The normalized spacial score (nSPS) is 13.4. The lowest BCUT2D eigenvalue weighted by molar-refractivity contribution is -0.136. The number of nitrogens with zero attached hydrogens (tertiary/aromatic N) is 2. The van der Waals surface area contributed by atoms with E-state index < -0.39 is 22.7 Å². The van der Waals surface area contributed by atoms with Crippen LogP contribution < -0.4 is 0 Å². The van der Waals surface area contributed by atoms with Gasteiger partial charge in [0.2, 0.25) is 10.0 Å². The number of rotatable bonds is 5. The summed E-state index contributed by atoms with van der Waals surface area (Å²) >= 11 is 0. The summed E-state index contributed by atoms with van der Waals surface area (Å²) in [6.07, 6.45) is -4.59. The Bertz CT molecular complexity index is 544. The molecule has 1 heterocycles. The molecule has 0 aliphatic rings. The number of sulfonamides is 1. The Morgan fingerprint density at radius 1 is 1.30 bits per heavy atom. The third-order valence-corrected chi connectivity index (χ3v) is 4.66. The van der Waals surface area contributed by atoms with Gasteiger partial charge in [-0.05, 0) is 19.8 Å². The third-order valence-electron chi connectivity index (χ3n) is 2.58. The molecular weight excluding hydrogens is 295 g/mol. The molecular formula is C11H18F3N3O2S. The summed E-state index contributed by atoms with van der Waals surface area (Å²) in [4.78, 5) is -0.178. The number of aromatic amines is 1. The van der Waals surface area contributed by atoms with Crippen molar-refractivity contribution in [1.82, 2.24) is 14.5 Å². The highest BCUT2D eigenvalue weighted by Gasteiger charge is 2.39. The number of H-pyrrole nitrogens is 1. The predicted molar refractivity (Wildman–Crippen MR) is 67.7 cm³/mol. The van der Waals surface area contributed by atoms with E-state index in [-0.39, 0.29) is 28.7 Å². The van der Waals surface area contributed by atoms with Crippen LogP contribution in [0.3, 0.4) is 0 Å². The number of nitrogens with one attached hydrogen (secondary N) is 1. The van der Waals surface area contributed by atoms with Crippen molar-refractivity contribution < 1.29 is 21.6 Å². The van der Waals surface area contributed by atoms with Gasteiger partial charge >= 0.3 is 6.18 Å². The quantitative estimate of drug-likeness (QED) is 0.906. The molecule has 1 N–H and O–H groups in total. The van der Waals surface area contributed by atoms with Crippen molar-refractivity contribution >= 4 is 10.0 Å². The monoisotopic (exact) mass is 313 g/mol. The molecule has 0 fully saturated rings. The minimum atomic E-state index is -4.59. The maximum atomic E-state index is 12.6. The van der Waals surface area contributed by atoms with E-state index in [1.165, 1.54) is 13.8 Å². The summed E-state index contributed by atoms with van der Waals surface area (Å²) in [6.45, 7) is 4.52. The SMILES string of the molecule is Cc1n[nH]c(C)c1S(=O)(=O)N(CC(C)C)CC(F)(F)F. The largest absolute Gasteiger partial charge is 0.402 e. The molecule has 0 saturated heterocycles. The molecule has 116 valence electrons. The molecule has 1 aromatic heterocycles.